The molecule has 41 heavy (non-hydrogen) atoms. The molecule has 0 radical (unpaired) electrons. The number of piperazine rings is 1. The Hall–Kier alpha value is -4.27. The highest BCUT2D eigenvalue weighted by atomic mass is 16.2. The Kier molecular flexibility index (Phi) is 7.43. The minimum atomic E-state index is -0.365. The average Bonchev–Trinajstić information content (AvgIpc) is 3.36. The average molecular weight is 549 g/mol. The first kappa shape index (κ1) is 26.9. The molecule has 0 amide bonds. The van der Waals surface area contributed by atoms with Crippen molar-refractivity contribution in [3.8, 4) is 0 Å². The molecule has 0 N–H and O–H groups in total. The lowest BCUT2D eigenvalue weighted by molar-refractivity contribution is 0.102. The highest BCUT2D eigenvalue weighted by Gasteiger charge is 2.28. The number of rotatable bonds is 7. The van der Waals surface area contributed by atoms with Gasteiger partial charge in [0.25, 0.3) is 5.56 Å². The molecule has 5 aromatic rings. The largest absolute Gasteiger partial charge is 0.332 e. The predicted molar refractivity (Wildman–Crippen MR) is 162 cm³/mol. The van der Waals surface area contributed by atoms with Crippen LogP contribution in [-0.2, 0) is 27.2 Å². The Labute approximate surface area is 239 Å². The van der Waals surface area contributed by atoms with Crippen LogP contribution < -0.4 is 11.2 Å². The summed E-state index contributed by atoms with van der Waals surface area (Å²) in [5.41, 5.74) is 5.11. The zero-order valence-electron chi connectivity index (χ0n) is 23.9. The maximum Gasteiger partial charge on any atom is 0.332 e. The Morgan fingerprint density at radius 3 is 1.93 bits per heavy atom. The van der Waals surface area contributed by atoms with Crippen LogP contribution in [-0.4, -0.2) is 54.7 Å². The molecule has 3 aromatic carbocycles. The lowest BCUT2D eigenvalue weighted by Gasteiger charge is -2.39. The van der Waals surface area contributed by atoms with Crippen molar-refractivity contribution < 1.29 is 0 Å². The van der Waals surface area contributed by atoms with E-state index >= 15 is 0 Å². The maximum atomic E-state index is 13.4. The first-order valence-corrected chi connectivity index (χ1v) is 14.2. The highest BCUT2D eigenvalue weighted by molar-refractivity contribution is 5.71. The van der Waals surface area contributed by atoms with Gasteiger partial charge < -0.3 is 4.57 Å². The third-order valence-electron chi connectivity index (χ3n) is 8.38. The normalized spacial score (nSPS) is 14.7. The second kappa shape index (κ2) is 11.3. The van der Waals surface area contributed by atoms with E-state index in [2.05, 4.69) is 89.5 Å². The molecule has 1 saturated heterocycles. The van der Waals surface area contributed by atoms with Crippen LogP contribution in [0, 0.1) is 6.92 Å². The Morgan fingerprint density at radius 2 is 1.32 bits per heavy atom. The lowest BCUT2D eigenvalue weighted by atomic mass is 9.96. The standard InChI is InChI=1S/C33H36N6O2/c1-24-12-10-11-17-27(24)22-39-28(34-31-30(39)32(40)36(3)33(41)35(31)2)23-37-18-20-38(21-19-37)29(25-13-6-4-7-14-25)26-15-8-5-9-16-26/h4-17,29H,18-23H2,1-3H3. The molecular formula is C33H36N6O2. The number of nitrogens with zero attached hydrogens (tertiary/aromatic N) is 6. The van der Waals surface area contributed by atoms with Gasteiger partial charge in [-0.05, 0) is 29.2 Å². The van der Waals surface area contributed by atoms with Crippen LogP contribution in [0.25, 0.3) is 11.2 Å². The van der Waals surface area contributed by atoms with Gasteiger partial charge in [0, 0.05) is 46.8 Å². The lowest BCUT2D eigenvalue weighted by Crippen LogP contribution is -2.47. The van der Waals surface area contributed by atoms with Crippen LogP contribution in [0.1, 0.15) is 34.1 Å². The SMILES string of the molecule is Cc1ccccc1Cn1c(CN2CCN(C(c3ccccc3)c3ccccc3)CC2)nc2c1c(=O)n(C)c(=O)n2C. The van der Waals surface area contributed by atoms with Crippen molar-refractivity contribution in [2.75, 3.05) is 26.2 Å². The number of benzene rings is 3. The summed E-state index contributed by atoms with van der Waals surface area (Å²) in [7, 11) is 3.22. The molecule has 1 aliphatic rings. The molecule has 8 heteroatoms. The smallest absolute Gasteiger partial charge is 0.317 e. The summed E-state index contributed by atoms with van der Waals surface area (Å²) in [6.45, 7) is 6.78. The van der Waals surface area contributed by atoms with Gasteiger partial charge in [0.05, 0.1) is 12.6 Å². The van der Waals surface area contributed by atoms with E-state index in [0.29, 0.717) is 24.3 Å². The fraction of sp³-hybridized carbons (Fsp3) is 0.303. The zero-order valence-corrected chi connectivity index (χ0v) is 23.9. The third-order valence-corrected chi connectivity index (χ3v) is 8.38. The number of imidazole rings is 1. The first-order chi connectivity index (χ1) is 19.9. The van der Waals surface area contributed by atoms with Crippen molar-refractivity contribution in [2.45, 2.75) is 26.1 Å². The monoisotopic (exact) mass is 548 g/mol. The van der Waals surface area contributed by atoms with Crippen molar-refractivity contribution in [3.05, 3.63) is 134 Å². The number of hydrogen-bond donors (Lipinski definition) is 0. The van der Waals surface area contributed by atoms with Gasteiger partial charge in [0.2, 0.25) is 0 Å². The van der Waals surface area contributed by atoms with Crippen LogP contribution in [0.3, 0.4) is 0 Å². The number of aryl methyl sites for hydroxylation is 2. The summed E-state index contributed by atoms with van der Waals surface area (Å²) < 4.78 is 4.67. The predicted octanol–water partition coefficient (Wildman–Crippen LogP) is 3.70. The molecule has 210 valence electrons. The summed E-state index contributed by atoms with van der Waals surface area (Å²) in [4.78, 5) is 35.9. The molecule has 0 atom stereocenters. The summed E-state index contributed by atoms with van der Waals surface area (Å²) in [5.74, 6) is 0.803. The fourth-order valence-electron chi connectivity index (χ4n) is 6.00. The van der Waals surface area contributed by atoms with E-state index in [1.165, 1.54) is 27.3 Å². The third kappa shape index (κ3) is 5.16. The molecule has 8 nitrogen and oxygen atoms in total. The maximum absolute atomic E-state index is 13.4. The van der Waals surface area contributed by atoms with Crippen LogP contribution in [0.5, 0.6) is 0 Å². The first-order valence-electron chi connectivity index (χ1n) is 14.2. The van der Waals surface area contributed by atoms with Gasteiger partial charge in [-0.25, -0.2) is 9.78 Å². The molecule has 1 aliphatic heterocycles. The van der Waals surface area contributed by atoms with Crippen molar-refractivity contribution in [2.24, 2.45) is 14.1 Å². The van der Waals surface area contributed by atoms with Crippen molar-refractivity contribution >= 4 is 11.2 Å². The van der Waals surface area contributed by atoms with Gasteiger partial charge in [-0.1, -0.05) is 84.9 Å². The van der Waals surface area contributed by atoms with Gasteiger partial charge in [-0.3, -0.25) is 23.7 Å². The number of aromatic nitrogens is 4. The number of hydrogen-bond acceptors (Lipinski definition) is 5. The molecule has 2 aromatic heterocycles. The summed E-state index contributed by atoms with van der Waals surface area (Å²) >= 11 is 0. The summed E-state index contributed by atoms with van der Waals surface area (Å²) in [6.07, 6.45) is 0. The van der Waals surface area contributed by atoms with E-state index in [4.69, 9.17) is 4.98 Å². The molecule has 1 fully saturated rings. The molecule has 3 heterocycles. The summed E-state index contributed by atoms with van der Waals surface area (Å²) in [5, 5.41) is 0. The molecule has 0 unspecified atom stereocenters. The van der Waals surface area contributed by atoms with E-state index in [0.717, 1.165) is 43.1 Å². The van der Waals surface area contributed by atoms with E-state index in [1.807, 2.05) is 16.7 Å². The fourth-order valence-corrected chi connectivity index (χ4v) is 6.00. The van der Waals surface area contributed by atoms with Crippen molar-refractivity contribution in [1.82, 2.24) is 28.5 Å². The van der Waals surface area contributed by atoms with Gasteiger partial charge in [0.1, 0.15) is 5.82 Å². The quantitative estimate of drug-likeness (QED) is 0.310. The minimum Gasteiger partial charge on any atom is -0.317 e. The van der Waals surface area contributed by atoms with Gasteiger partial charge in [-0.15, -0.1) is 0 Å². The molecule has 0 aliphatic carbocycles. The van der Waals surface area contributed by atoms with E-state index in [9.17, 15) is 9.59 Å². The van der Waals surface area contributed by atoms with Gasteiger partial charge in [-0.2, -0.15) is 0 Å². The summed E-state index contributed by atoms with van der Waals surface area (Å²) in [6, 6.07) is 29.8. The number of fused-ring (bicyclic) bond motifs is 1. The highest BCUT2D eigenvalue weighted by Crippen LogP contribution is 2.30. The van der Waals surface area contributed by atoms with Crippen LogP contribution >= 0.6 is 0 Å². The Morgan fingerprint density at radius 1 is 0.732 bits per heavy atom. The molecule has 0 saturated carbocycles. The molecular weight excluding hydrogens is 512 g/mol. The van der Waals surface area contributed by atoms with Gasteiger partial charge >= 0.3 is 5.69 Å². The van der Waals surface area contributed by atoms with Gasteiger partial charge in [0.15, 0.2) is 11.2 Å². The minimum absolute atomic E-state index is 0.197. The molecule has 0 bridgehead atoms. The van der Waals surface area contributed by atoms with Crippen molar-refractivity contribution in [3.63, 3.8) is 0 Å². The second-order valence-electron chi connectivity index (χ2n) is 11.0. The van der Waals surface area contributed by atoms with Crippen molar-refractivity contribution in [1.29, 1.82) is 0 Å². The van der Waals surface area contributed by atoms with E-state index in [-0.39, 0.29) is 17.3 Å². The Balaban J connectivity index is 1.30. The molecule has 0 spiro atoms. The van der Waals surface area contributed by atoms with Crippen LogP contribution in [0.4, 0.5) is 0 Å². The topological polar surface area (TPSA) is 68.3 Å². The van der Waals surface area contributed by atoms with E-state index < -0.39 is 0 Å². The Bertz CT molecular complexity index is 1740. The van der Waals surface area contributed by atoms with Crippen LogP contribution in [0.15, 0.2) is 94.5 Å². The molecule has 6 rings (SSSR count). The van der Waals surface area contributed by atoms with Crippen LogP contribution in [0.2, 0.25) is 0 Å². The zero-order chi connectivity index (χ0) is 28.5. The van der Waals surface area contributed by atoms with E-state index in [1.54, 1.807) is 7.05 Å². The second-order valence-corrected chi connectivity index (χ2v) is 11.0.